The molecule has 0 aromatic heterocycles. The molecule has 0 aliphatic carbocycles. The van der Waals surface area contributed by atoms with Gasteiger partial charge < -0.3 is 0 Å². The molecule has 0 unspecified atom stereocenters. The molecule has 0 amide bonds. The maximum atomic E-state index is 8.29. The Balaban J connectivity index is 0.000000174. The lowest BCUT2D eigenvalue weighted by atomic mass is 10.6. The highest BCUT2D eigenvalue weighted by molar-refractivity contribution is 8.00. The smallest absolute Gasteiger partial charge is 0.168 e. The molecule has 2 rings (SSSR count). The first-order chi connectivity index (χ1) is 6.41. The fourth-order valence-corrected chi connectivity index (χ4v) is 2.04. The molecule has 0 aromatic carbocycles. The summed E-state index contributed by atoms with van der Waals surface area (Å²) in [6, 6.07) is 0. The van der Waals surface area contributed by atoms with Crippen LogP contribution in [0.4, 0.5) is 0 Å². The average Bonchev–Trinajstić information content (AvgIpc) is 2.85. The van der Waals surface area contributed by atoms with Crippen LogP contribution in [0.3, 0.4) is 0 Å². The van der Waals surface area contributed by atoms with E-state index in [1.165, 1.54) is 23.0 Å². The predicted octanol–water partition coefficient (Wildman–Crippen LogP) is 1.91. The molecule has 2 aliphatic heterocycles. The molecule has 0 N–H and O–H groups in total. The summed E-state index contributed by atoms with van der Waals surface area (Å²) in [7, 11) is 0. The fraction of sp³-hybridized carbons (Fsp3) is 0.500. The van der Waals surface area contributed by atoms with E-state index in [0.29, 0.717) is 0 Å². The van der Waals surface area contributed by atoms with Crippen molar-refractivity contribution in [2.75, 3.05) is 23.0 Å². The van der Waals surface area contributed by atoms with Crippen LogP contribution >= 0.6 is 23.5 Å². The quantitative estimate of drug-likeness (QED) is 0.602. The molecule has 2 heterocycles. The summed E-state index contributed by atoms with van der Waals surface area (Å²) in [5.74, 6) is 4.94. The molecule has 5 heteroatoms. The van der Waals surface area contributed by atoms with Gasteiger partial charge in [-0.1, -0.05) is 24.3 Å². The van der Waals surface area contributed by atoms with E-state index in [-0.39, 0.29) is 0 Å². The average molecular weight is 236 g/mol. The second-order valence-electron chi connectivity index (χ2n) is 2.09. The van der Waals surface area contributed by atoms with Crippen molar-refractivity contribution in [1.29, 1.82) is 0 Å². The third-order valence-corrected chi connectivity index (χ3v) is 2.90. The Kier molecular flexibility index (Phi) is 12.0. The van der Waals surface area contributed by atoms with Crippen LogP contribution in [0.1, 0.15) is 0 Å². The van der Waals surface area contributed by atoms with E-state index in [1.807, 2.05) is 23.5 Å². The zero-order chi connectivity index (χ0) is 9.78. The summed E-state index contributed by atoms with van der Waals surface area (Å²) in [6.07, 6.45) is 8.80. The molecule has 2 nitrogen and oxygen atoms in total. The van der Waals surface area contributed by atoms with E-state index >= 15 is 0 Å². The molecule has 74 valence electrons. The summed E-state index contributed by atoms with van der Waals surface area (Å²) in [5.41, 5.74) is 0. The highest BCUT2D eigenvalue weighted by Crippen LogP contribution is 2.06. The van der Waals surface area contributed by atoms with Crippen LogP contribution in [0.2, 0.25) is 0 Å². The number of hydrogen-bond acceptors (Lipinski definition) is 4. The van der Waals surface area contributed by atoms with Gasteiger partial charge in [0.05, 0.1) is 0 Å². The predicted molar refractivity (Wildman–Crippen MR) is 61.8 cm³/mol. The second-order valence-corrected chi connectivity index (χ2v) is 4.37. The molecule has 2 aliphatic rings. The van der Waals surface area contributed by atoms with Crippen molar-refractivity contribution < 1.29 is 8.42 Å². The molecule has 0 spiro atoms. The molecule has 0 atom stereocenters. The first-order valence-corrected chi connectivity index (χ1v) is 6.76. The highest BCUT2D eigenvalue weighted by Gasteiger charge is 1.85. The minimum atomic E-state index is -0.750. The second kappa shape index (κ2) is 12.0. The molecular formula is C8H12O2S3. The normalized spacial score (nSPS) is 16.9. The van der Waals surface area contributed by atoms with Crippen LogP contribution in [0, 0.1) is 0 Å². The first-order valence-electron chi connectivity index (χ1n) is 3.79. The lowest BCUT2D eigenvalue weighted by Crippen LogP contribution is -1.54. The van der Waals surface area contributed by atoms with Gasteiger partial charge in [-0.25, -0.2) is 0 Å². The molecule has 0 saturated heterocycles. The lowest BCUT2D eigenvalue weighted by Gasteiger charge is -1.70. The van der Waals surface area contributed by atoms with Crippen LogP contribution in [0.25, 0.3) is 0 Å². The van der Waals surface area contributed by atoms with E-state index in [2.05, 4.69) is 24.3 Å². The molecular weight excluding hydrogens is 224 g/mol. The van der Waals surface area contributed by atoms with Gasteiger partial charge in [0, 0.05) is 23.0 Å². The third-order valence-electron chi connectivity index (χ3n) is 1.19. The molecule has 13 heavy (non-hydrogen) atoms. The van der Waals surface area contributed by atoms with Crippen molar-refractivity contribution >= 4 is 35.1 Å². The molecule has 0 fully saturated rings. The highest BCUT2D eigenvalue weighted by atomic mass is 32.2. The fourth-order valence-electron chi connectivity index (χ4n) is 0.680. The summed E-state index contributed by atoms with van der Waals surface area (Å²) in [4.78, 5) is 0. The van der Waals surface area contributed by atoms with Crippen LogP contribution in [-0.2, 0) is 11.6 Å². The standard InChI is InChI=1S/2C4H6S.O2S/c2*1-2-4-5-3-1;1-3-2/h2*1-2H,3-4H2;. The van der Waals surface area contributed by atoms with Gasteiger partial charge in [0.2, 0.25) is 0 Å². The Morgan fingerprint density at radius 2 is 1.00 bits per heavy atom. The van der Waals surface area contributed by atoms with Crippen molar-refractivity contribution in [2.45, 2.75) is 0 Å². The van der Waals surface area contributed by atoms with Gasteiger partial charge in [0.25, 0.3) is 0 Å². The van der Waals surface area contributed by atoms with E-state index in [1.54, 1.807) is 0 Å². The topological polar surface area (TPSA) is 34.1 Å². The lowest BCUT2D eigenvalue weighted by molar-refractivity contribution is 0.630. The van der Waals surface area contributed by atoms with Crippen molar-refractivity contribution in [3.63, 3.8) is 0 Å². The summed E-state index contributed by atoms with van der Waals surface area (Å²) in [5, 5.41) is 0. The Hall–Kier alpha value is -0.0000000000000000833. The Bertz CT molecular complexity index is 168. The Morgan fingerprint density at radius 1 is 0.769 bits per heavy atom. The Morgan fingerprint density at radius 3 is 1.08 bits per heavy atom. The third kappa shape index (κ3) is 12.0. The van der Waals surface area contributed by atoms with Crippen LogP contribution in [0.5, 0.6) is 0 Å². The molecule has 0 aromatic rings. The largest absolute Gasteiger partial charge is 0.335 e. The van der Waals surface area contributed by atoms with Gasteiger partial charge in [-0.2, -0.15) is 31.9 Å². The van der Waals surface area contributed by atoms with Crippen molar-refractivity contribution in [1.82, 2.24) is 0 Å². The van der Waals surface area contributed by atoms with Gasteiger partial charge in [-0.15, -0.1) is 0 Å². The van der Waals surface area contributed by atoms with E-state index in [0.717, 1.165) is 0 Å². The van der Waals surface area contributed by atoms with E-state index in [4.69, 9.17) is 8.42 Å². The molecule has 0 saturated carbocycles. The molecule has 0 bridgehead atoms. The number of rotatable bonds is 0. The maximum absolute atomic E-state index is 8.29. The van der Waals surface area contributed by atoms with Crippen LogP contribution < -0.4 is 0 Å². The van der Waals surface area contributed by atoms with Gasteiger partial charge in [-0.05, 0) is 0 Å². The molecule has 0 radical (unpaired) electrons. The summed E-state index contributed by atoms with van der Waals surface area (Å²) >= 11 is 3.18. The van der Waals surface area contributed by atoms with Crippen LogP contribution in [0.15, 0.2) is 24.3 Å². The summed E-state index contributed by atoms with van der Waals surface area (Å²) < 4.78 is 16.6. The minimum absolute atomic E-state index is 0.750. The van der Waals surface area contributed by atoms with Crippen molar-refractivity contribution in [3.05, 3.63) is 24.3 Å². The van der Waals surface area contributed by atoms with E-state index in [9.17, 15) is 0 Å². The van der Waals surface area contributed by atoms with Gasteiger partial charge in [-0.3, -0.25) is 0 Å². The minimum Gasteiger partial charge on any atom is -0.168 e. The number of thioether (sulfide) groups is 2. The van der Waals surface area contributed by atoms with Crippen molar-refractivity contribution in [3.8, 4) is 0 Å². The van der Waals surface area contributed by atoms with E-state index < -0.39 is 11.6 Å². The van der Waals surface area contributed by atoms with Gasteiger partial charge in [0.15, 0.2) is 0 Å². The zero-order valence-electron chi connectivity index (χ0n) is 7.18. The van der Waals surface area contributed by atoms with Crippen LogP contribution in [-0.4, -0.2) is 31.4 Å². The SMILES string of the molecule is C1=CCSC1.C1=CCSC1.O=S=O. The Labute approximate surface area is 90.9 Å². The van der Waals surface area contributed by atoms with Crippen molar-refractivity contribution in [2.24, 2.45) is 0 Å². The van der Waals surface area contributed by atoms with Gasteiger partial charge in [0.1, 0.15) is 0 Å². The maximum Gasteiger partial charge on any atom is 0.335 e. The summed E-state index contributed by atoms with van der Waals surface area (Å²) in [6.45, 7) is 0. The van der Waals surface area contributed by atoms with Gasteiger partial charge >= 0.3 is 11.6 Å². The monoisotopic (exact) mass is 236 g/mol. The number of hydrogen-bond donors (Lipinski definition) is 0. The first kappa shape index (κ1) is 13.0. The zero-order valence-corrected chi connectivity index (χ0v) is 9.63.